The fourth-order valence-electron chi connectivity index (χ4n) is 1.99. The van der Waals surface area contributed by atoms with Crippen molar-refractivity contribution in [2.24, 2.45) is 0 Å². The number of hydrogen-bond donors (Lipinski definition) is 1. The van der Waals surface area contributed by atoms with E-state index in [1.54, 1.807) is 0 Å². The van der Waals surface area contributed by atoms with Crippen LogP contribution in [0.25, 0.3) is 0 Å². The predicted molar refractivity (Wildman–Crippen MR) is 67.0 cm³/mol. The third-order valence-electron chi connectivity index (χ3n) is 2.92. The molecule has 1 aliphatic heterocycles. The van der Waals surface area contributed by atoms with Crippen molar-refractivity contribution in [1.82, 2.24) is 5.32 Å². The summed E-state index contributed by atoms with van der Waals surface area (Å²) >= 11 is 6.08. The fourth-order valence-corrected chi connectivity index (χ4v) is 2.22. The van der Waals surface area contributed by atoms with Gasteiger partial charge in [-0.05, 0) is 37.4 Å². The van der Waals surface area contributed by atoms with E-state index in [0.717, 1.165) is 31.1 Å². The molecule has 0 saturated carbocycles. The lowest BCUT2D eigenvalue weighted by Crippen LogP contribution is -2.27. The fraction of sp³-hybridized carbons (Fsp3) is 0.538. The van der Waals surface area contributed by atoms with Crippen LogP contribution < -0.4 is 5.32 Å². The highest BCUT2D eigenvalue weighted by Crippen LogP contribution is 2.15. The van der Waals surface area contributed by atoms with E-state index >= 15 is 0 Å². The zero-order valence-electron chi connectivity index (χ0n) is 9.42. The number of ether oxygens (including phenoxy) is 1. The monoisotopic (exact) mass is 239 g/mol. The standard InChI is InChI=1S/C13H18ClNO/c14-13-6-2-1-4-11(13)7-8-15-10-12-5-3-9-16-12/h1-2,4,6,12,15H,3,5,7-10H2. The molecule has 16 heavy (non-hydrogen) atoms. The molecule has 88 valence electrons. The van der Waals surface area contributed by atoms with Gasteiger partial charge in [0, 0.05) is 18.2 Å². The van der Waals surface area contributed by atoms with Crippen molar-refractivity contribution >= 4 is 11.6 Å². The Hall–Kier alpha value is -0.570. The summed E-state index contributed by atoms with van der Waals surface area (Å²) in [6.07, 6.45) is 3.80. The van der Waals surface area contributed by atoms with E-state index < -0.39 is 0 Å². The number of halogens is 1. The summed E-state index contributed by atoms with van der Waals surface area (Å²) in [4.78, 5) is 0. The molecule has 0 amide bonds. The second kappa shape index (κ2) is 6.24. The van der Waals surface area contributed by atoms with Crippen molar-refractivity contribution in [3.8, 4) is 0 Å². The topological polar surface area (TPSA) is 21.3 Å². The Bertz CT molecular complexity index is 323. The third-order valence-corrected chi connectivity index (χ3v) is 3.29. The lowest BCUT2D eigenvalue weighted by molar-refractivity contribution is 0.110. The Kier molecular flexibility index (Phi) is 4.64. The van der Waals surface area contributed by atoms with Gasteiger partial charge >= 0.3 is 0 Å². The van der Waals surface area contributed by atoms with Crippen molar-refractivity contribution < 1.29 is 4.74 Å². The molecule has 1 N–H and O–H groups in total. The van der Waals surface area contributed by atoms with Crippen LogP contribution in [0.15, 0.2) is 24.3 Å². The molecule has 0 aliphatic carbocycles. The summed E-state index contributed by atoms with van der Waals surface area (Å²) in [6, 6.07) is 8.01. The lowest BCUT2D eigenvalue weighted by Gasteiger charge is -2.10. The summed E-state index contributed by atoms with van der Waals surface area (Å²) in [6.45, 7) is 2.85. The van der Waals surface area contributed by atoms with E-state index in [0.29, 0.717) is 6.10 Å². The van der Waals surface area contributed by atoms with Crippen LogP contribution >= 0.6 is 11.6 Å². The first kappa shape index (κ1) is 11.9. The van der Waals surface area contributed by atoms with E-state index in [-0.39, 0.29) is 0 Å². The molecule has 1 fully saturated rings. The average molecular weight is 240 g/mol. The lowest BCUT2D eigenvalue weighted by atomic mass is 10.1. The largest absolute Gasteiger partial charge is 0.377 e. The van der Waals surface area contributed by atoms with Crippen LogP contribution in [0, 0.1) is 0 Å². The minimum Gasteiger partial charge on any atom is -0.377 e. The minimum atomic E-state index is 0.422. The summed E-state index contributed by atoms with van der Waals surface area (Å²) in [5.41, 5.74) is 1.21. The molecule has 1 aromatic rings. The maximum atomic E-state index is 6.08. The van der Waals surface area contributed by atoms with Gasteiger partial charge in [0.1, 0.15) is 0 Å². The highest BCUT2D eigenvalue weighted by atomic mass is 35.5. The first-order valence-electron chi connectivity index (χ1n) is 5.92. The molecule has 1 heterocycles. The normalized spacial score (nSPS) is 20.2. The molecule has 0 aromatic heterocycles. The van der Waals surface area contributed by atoms with Gasteiger partial charge in [-0.3, -0.25) is 0 Å². The van der Waals surface area contributed by atoms with Gasteiger partial charge < -0.3 is 10.1 Å². The first-order chi connectivity index (χ1) is 7.86. The molecule has 0 bridgehead atoms. The Balaban J connectivity index is 1.66. The maximum Gasteiger partial charge on any atom is 0.0700 e. The molecule has 0 spiro atoms. The highest BCUT2D eigenvalue weighted by Gasteiger charge is 2.14. The third kappa shape index (κ3) is 3.48. The first-order valence-corrected chi connectivity index (χ1v) is 6.30. The van der Waals surface area contributed by atoms with Crippen LogP contribution in [0.3, 0.4) is 0 Å². The number of rotatable bonds is 5. The van der Waals surface area contributed by atoms with Crippen LogP contribution in [0.2, 0.25) is 5.02 Å². The smallest absolute Gasteiger partial charge is 0.0700 e. The molecular formula is C13H18ClNO. The zero-order valence-corrected chi connectivity index (χ0v) is 10.2. The van der Waals surface area contributed by atoms with Crippen LogP contribution in [0.4, 0.5) is 0 Å². The maximum absolute atomic E-state index is 6.08. The predicted octanol–water partition coefficient (Wildman–Crippen LogP) is 2.65. The van der Waals surface area contributed by atoms with Gasteiger partial charge in [-0.1, -0.05) is 29.8 Å². The van der Waals surface area contributed by atoms with E-state index in [9.17, 15) is 0 Å². The minimum absolute atomic E-state index is 0.422. The average Bonchev–Trinajstić information content (AvgIpc) is 2.79. The van der Waals surface area contributed by atoms with Gasteiger partial charge in [0.2, 0.25) is 0 Å². The molecular weight excluding hydrogens is 222 g/mol. The molecule has 2 nitrogen and oxygen atoms in total. The number of nitrogens with one attached hydrogen (secondary N) is 1. The van der Waals surface area contributed by atoms with Crippen LogP contribution in [-0.2, 0) is 11.2 Å². The SMILES string of the molecule is Clc1ccccc1CCNCC1CCCO1. The second-order valence-electron chi connectivity index (χ2n) is 4.18. The Morgan fingerprint density at radius 1 is 1.38 bits per heavy atom. The summed E-state index contributed by atoms with van der Waals surface area (Å²) < 4.78 is 5.54. The Morgan fingerprint density at radius 3 is 3.00 bits per heavy atom. The molecule has 1 aliphatic rings. The highest BCUT2D eigenvalue weighted by molar-refractivity contribution is 6.31. The van der Waals surface area contributed by atoms with Crippen molar-refractivity contribution in [2.45, 2.75) is 25.4 Å². The van der Waals surface area contributed by atoms with Gasteiger partial charge in [0.05, 0.1) is 6.10 Å². The molecule has 2 rings (SSSR count). The van der Waals surface area contributed by atoms with Gasteiger partial charge in [-0.2, -0.15) is 0 Å². The molecule has 1 atom stereocenters. The van der Waals surface area contributed by atoms with Crippen LogP contribution in [-0.4, -0.2) is 25.8 Å². The van der Waals surface area contributed by atoms with E-state index in [1.165, 1.54) is 18.4 Å². The second-order valence-corrected chi connectivity index (χ2v) is 4.59. The molecule has 3 heteroatoms. The summed E-state index contributed by atoms with van der Waals surface area (Å²) in [5.74, 6) is 0. The molecule has 0 radical (unpaired) electrons. The number of benzene rings is 1. The van der Waals surface area contributed by atoms with Crippen LogP contribution in [0.5, 0.6) is 0 Å². The van der Waals surface area contributed by atoms with Gasteiger partial charge in [-0.15, -0.1) is 0 Å². The Labute approximate surface area is 102 Å². The Morgan fingerprint density at radius 2 is 2.25 bits per heavy atom. The van der Waals surface area contributed by atoms with Crippen molar-refractivity contribution in [2.75, 3.05) is 19.7 Å². The van der Waals surface area contributed by atoms with Crippen molar-refractivity contribution in [1.29, 1.82) is 0 Å². The zero-order chi connectivity index (χ0) is 11.2. The molecule has 1 saturated heterocycles. The van der Waals surface area contributed by atoms with Crippen molar-refractivity contribution in [3.63, 3.8) is 0 Å². The quantitative estimate of drug-likeness (QED) is 0.798. The number of hydrogen-bond acceptors (Lipinski definition) is 2. The summed E-state index contributed by atoms with van der Waals surface area (Å²) in [5, 5.41) is 4.28. The van der Waals surface area contributed by atoms with E-state index in [2.05, 4.69) is 11.4 Å². The van der Waals surface area contributed by atoms with Gasteiger partial charge in [0.25, 0.3) is 0 Å². The summed E-state index contributed by atoms with van der Waals surface area (Å²) in [7, 11) is 0. The van der Waals surface area contributed by atoms with Crippen molar-refractivity contribution in [3.05, 3.63) is 34.9 Å². The van der Waals surface area contributed by atoms with Gasteiger partial charge in [-0.25, -0.2) is 0 Å². The van der Waals surface area contributed by atoms with E-state index in [4.69, 9.17) is 16.3 Å². The van der Waals surface area contributed by atoms with Crippen LogP contribution in [0.1, 0.15) is 18.4 Å². The molecule has 1 unspecified atom stereocenters. The van der Waals surface area contributed by atoms with Gasteiger partial charge in [0.15, 0.2) is 0 Å². The molecule has 1 aromatic carbocycles. The van der Waals surface area contributed by atoms with E-state index in [1.807, 2.05) is 18.2 Å².